The van der Waals surface area contributed by atoms with Gasteiger partial charge in [0.05, 0.1) is 24.8 Å². The molecule has 0 unspecified atom stereocenters. The van der Waals surface area contributed by atoms with Gasteiger partial charge in [-0.2, -0.15) is 0 Å². The molecule has 0 aromatic heterocycles. The monoisotopic (exact) mass is 365 g/mol. The van der Waals surface area contributed by atoms with Crippen molar-refractivity contribution in [3.05, 3.63) is 63.7 Å². The quantitative estimate of drug-likeness (QED) is 0.758. The van der Waals surface area contributed by atoms with Gasteiger partial charge in [-0.15, -0.1) is 0 Å². The molecule has 0 saturated carbocycles. The van der Waals surface area contributed by atoms with E-state index in [2.05, 4.69) is 44.3 Å². The van der Waals surface area contributed by atoms with Crippen LogP contribution in [-0.4, -0.2) is 19.7 Å². The first-order chi connectivity index (χ1) is 13.0. The minimum Gasteiger partial charge on any atom is -0.465 e. The Labute approximate surface area is 160 Å². The fourth-order valence-corrected chi connectivity index (χ4v) is 4.78. The molecule has 0 aliphatic carbocycles. The van der Waals surface area contributed by atoms with E-state index in [4.69, 9.17) is 9.47 Å². The molecular formula is C23H27NO3. The van der Waals surface area contributed by atoms with Gasteiger partial charge in [-0.05, 0) is 68.5 Å². The number of fused-ring (bicyclic) bond motifs is 3. The highest BCUT2D eigenvalue weighted by Crippen LogP contribution is 2.50. The molecule has 2 aliphatic heterocycles. The summed E-state index contributed by atoms with van der Waals surface area (Å²) in [5.74, 6) is 0.0958. The third-order valence-corrected chi connectivity index (χ3v) is 5.95. The van der Waals surface area contributed by atoms with Gasteiger partial charge < -0.3 is 14.8 Å². The van der Waals surface area contributed by atoms with Gasteiger partial charge in [0.25, 0.3) is 0 Å². The van der Waals surface area contributed by atoms with Crippen LogP contribution >= 0.6 is 0 Å². The van der Waals surface area contributed by atoms with Crippen LogP contribution < -0.4 is 5.32 Å². The number of carbonyl (C=O) groups is 1. The maximum Gasteiger partial charge on any atom is 0.337 e. The van der Waals surface area contributed by atoms with E-state index in [1.54, 1.807) is 0 Å². The van der Waals surface area contributed by atoms with E-state index in [1.807, 2.05) is 12.1 Å². The number of hydrogen-bond donors (Lipinski definition) is 1. The predicted molar refractivity (Wildman–Crippen MR) is 106 cm³/mol. The standard InChI is InChI=1S/C23H27NO3/c1-13-7-8-19-18(10-13)22-17(6-5-9-27-22)21(24-19)20-14(2)11-16(12-15(20)3)23(25)26-4/h7-8,10-12,17,21-22,24H,5-6,9H2,1-4H3/t17-,21+,22-/m1/s1. The van der Waals surface area contributed by atoms with Crippen molar-refractivity contribution in [3.63, 3.8) is 0 Å². The molecular weight excluding hydrogens is 338 g/mol. The number of hydrogen-bond acceptors (Lipinski definition) is 4. The summed E-state index contributed by atoms with van der Waals surface area (Å²) < 4.78 is 11.2. The first-order valence-electron chi connectivity index (χ1n) is 9.67. The van der Waals surface area contributed by atoms with Crippen LogP contribution in [0.2, 0.25) is 0 Å². The van der Waals surface area contributed by atoms with Crippen molar-refractivity contribution in [1.82, 2.24) is 0 Å². The molecule has 0 bridgehead atoms. The Kier molecular flexibility index (Phi) is 4.68. The molecule has 142 valence electrons. The van der Waals surface area contributed by atoms with E-state index in [-0.39, 0.29) is 18.1 Å². The molecule has 0 spiro atoms. The van der Waals surface area contributed by atoms with Crippen LogP contribution in [0, 0.1) is 26.7 Å². The fraction of sp³-hybridized carbons (Fsp3) is 0.435. The summed E-state index contributed by atoms with van der Waals surface area (Å²) >= 11 is 0. The maximum absolute atomic E-state index is 12.0. The van der Waals surface area contributed by atoms with E-state index in [9.17, 15) is 4.79 Å². The number of benzene rings is 2. The largest absolute Gasteiger partial charge is 0.465 e. The highest BCUT2D eigenvalue weighted by molar-refractivity contribution is 5.90. The summed E-state index contributed by atoms with van der Waals surface area (Å²) in [6.45, 7) is 7.12. The van der Waals surface area contributed by atoms with Crippen LogP contribution in [0.15, 0.2) is 30.3 Å². The van der Waals surface area contributed by atoms with E-state index >= 15 is 0 Å². The smallest absolute Gasteiger partial charge is 0.337 e. The van der Waals surface area contributed by atoms with Crippen LogP contribution in [-0.2, 0) is 9.47 Å². The number of esters is 1. The van der Waals surface area contributed by atoms with Gasteiger partial charge >= 0.3 is 5.97 Å². The first-order valence-corrected chi connectivity index (χ1v) is 9.67. The average Bonchev–Trinajstić information content (AvgIpc) is 2.67. The van der Waals surface area contributed by atoms with Crippen molar-refractivity contribution in [2.24, 2.45) is 5.92 Å². The van der Waals surface area contributed by atoms with E-state index in [0.29, 0.717) is 11.5 Å². The Hall–Kier alpha value is -2.33. The van der Waals surface area contributed by atoms with Gasteiger partial charge in [-0.1, -0.05) is 17.7 Å². The fourth-order valence-electron chi connectivity index (χ4n) is 4.78. The number of carbonyl (C=O) groups excluding carboxylic acids is 1. The summed E-state index contributed by atoms with van der Waals surface area (Å²) in [5.41, 5.74) is 7.81. The Morgan fingerprint density at radius 3 is 2.59 bits per heavy atom. The molecule has 1 N–H and O–H groups in total. The molecule has 0 radical (unpaired) electrons. The molecule has 3 atom stereocenters. The van der Waals surface area contributed by atoms with E-state index in [0.717, 1.165) is 36.3 Å². The molecule has 1 fully saturated rings. The average molecular weight is 365 g/mol. The molecule has 2 aliphatic rings. The van der Waals surface area contributed by atoms with Crippen LogP contribution in [0.25, 0.3) is 0 Å². The molecule has 4 heteroatoms. The predicted octanol–water partition coefficient (Wildman–Crippen LogP) is 5.03. The van der Waals surface area contributed by atoms with Crippen molar-refractivity contribution in [2.75, 3.05) is 19.0 Å². The lowest BCUT2D eigenvalue weighted by Crippen LogP contribution is -2.36. The number of ether oxygens (including phenoxy) is 2. The zero-order valence-corrected chi connectivity index (χ0v) is 16.5. The number of rotatable bonds is 2. The van der Waals surface area contributed by atoms with E-state index in [1.165, 1.54) is 23.8 Å². The zero-order valence-electron chi connectivity index (χ0n) is 16.5. The first kappa shape index (κ1) is 18.1. The van der Waals surface area contributed by atoms with Crippen molar-refractivity contribution in [3.8, 4) is 0 Å². The van der Waals surface area contributed by atoms with Gasteiger partial charge in [-0.3, -0.25) is 0 Å². The highest BCUT2D eigenvalue weighted by atomic mass is 16.5. The van der Waals surface area contributed by atoms with Crippen LogP contribution in [0.4, 0.5) is 5.69 Å². The lowest BCUT2D eigenvalue weighted by Gasteiger charge is -2.44. The molecule has 2 aromatic rings. The molecule has 27 heavy (non-hydrogen) atoms. The minimum absolute atomic E-state index is 0.124. The minimum atomic E-state index is -0.288. The summed E-state index contributed by atoms with van der Waals surface area (Å²) in [6.07, 6.45) is 2.34. The van der Waals surface area contributed by atoms with Gasteiger partial charge in [0.2, 0.25) is 0 Å². The normalized spacial score (nSPS) is 23.8. The zero-order chi connectivity index (χ0) is 19.1. The maximum atomic E-state index is 12.0. The van der Waals surface area contributed by atoms with Crippen LogP contribution in [0.3, 0.4) is 0 Å². The highest BCUT2D eigenvalue weighted by Gasteiger charge is 2.40. The number of anilines is 1. The summed E-state index contributed by atoms with van der Waals surface area (Å²) in [4.78, 5) is 12.0. The Morgan fingerprint density at radius 2 is 1.89 bits per heavy atom. The summed E-state index contributed by atoms with van der Waals surface area (Å²) in [7, 11) is 1.42. The number of nitrogens with one attached hydrogen (secondary N) is 1. The Bertz CT molecular complexity index is 866. The van der Waals surface area contributed by atoms with Gasteiger partial charge in [0.15, 0.2) is 0 Å². The molecule has 4 rings (SSSR count). The lowest BCUT2D eigenvalue weighted by atomic mass is 9.75. The van der Waals surface area contributed by atoms with Gasteiger partial charge in [0, 0.05) is 23.8 Å². The third kappa shape index (κ3) is 3.12. The SMILES string of the molecule is COC(=O)c1cc(C)c([C@H]2Nc3ccc(C)cc3[C@@H]3OCCC[C@H]23)c(C)c1. The van der Waals surface area contributed by atoms with Crippen molar-refractivity contribution < 1.29 is 14.3 Å². The summed E-state index contributed by atoms with van der Waals surface area (Å²) in [6, 6.07) is 10.6. The van der Waals surface area contributed by atoms with Crippen molar-refractivity contribution in [2.45, 2.75) is 45.8 Å². The second-order valence-electron chi connectivity index (χ2n) is 7.83. The molecule has 2 heterocycles. The van der Waals surface area contributed by atoms with Gasteiger partial charge in [-0.25, -0.2) is 4.79 Å². The molecule has 2 aromatic carbocycles. The molecule has 0 amide bonds. The molecule has 4 nitrogen and oxygen atoms in total. The number of methoxy groups -OCH3 is 1. The topological polar surface area (TPSA) is 47.6 Å². The Balaban J connectivity index is 1.79. The molecule has 1 saturated heterocycles. The second-order valence-corrected chi connectivity index (χ2v) is 7.83. The Morgan fingerprint density at radius 1 is 1.15 bits per heavy atom. The summed E-state index contributed by atoms with van der Waals surface area (Å²) in [5, 5.41) is 3.79. The van der Waals surface area contributed by atoms with Crippen molar-refractivity contribution >= 4 is 11.7 Å². The van der Waals surface area contributed by atoms with E-state index < -0.39 is 0 Å². The lowest BCUT2D eigenvalue weighted by molar-refractivity contribution is -0.0382. The van der Waals surface area contributed by atoms with Crippen LogP contribution in [0.1, 0.15) is 63.2 Å². The number of aryl methyl sites for hydroxylation is 3. The van der Waals surface area contributed by atoms with Gasteiger partial charge in [0.1, 0.15) is 0 Å². The van der Waals surface area contributed by atoms with Crippen molar-refractivity contribution in [1.29, 1.82) is 0 Å². The van der Waals surface area contributed by atoms with Crippen LogP contribution in [0.5, 0.6) is 0 Å². The second kappa shape index (κ2) is 7.01. The third-order valence-electron chi connectivity index (χ3n) is 5.95.